The fourth-order valence-electron chi connectivity index (χ4n) is 1.83. The Morgan fingerprint density at radius 3 is 2.78 bits per heavy atom. The summed E-state index contributed by atoms with van der Waals surface area (Å²) >= 11 is 0. The summed E-state index contributed by atoms with van der Waals surface area (Å²) in [5.74, 6) is 1.42. The number of benzene rings is 1. The minimum Gasteiger partial charge on any atom is -0.481 e. The molecule has 0 atom stereocenters. The van der Waals surface area contributed by atoms with Gasteiger partial charge in [-0.1, -0.05) is 29.8 Å². The van der Waals surface area contributed by atoms with Crippen LogP contribution in [0.15, 0.2) is 30.6 Å². The van der Waals surface area contributed by atoms with E-state index in [9.17, 15) is 0 Å². The van der Waals surface area contributed by atoms with Crippen LogP contribution in [0.5, 0.6) is 5.88 Å². The van der Waals surface area contributed by atoms with Gasteiger partial charge in [-0.05, 0) is 19.4 Å². The molecule has 2 aromatic rings. The first-order chi connectivity index (χ1) is 8.70. The van der Waals surface area contributed by atoms with Gasteiger partial charge in [-0.25, -0.2) is 9.97 Å². The summed E-state index contributed by atoms with van der Waals surface area (Å²) in [6.07, 6.45) is 1.50. The zero-order chi connectivity index (χ0) is 13.0. The molecular weight excluding hydrogens is 226 g/mol. The molecule has 1 aromatic carbocycles. The Bertz CT molecular complexity index is 540. The lowest BCUT2D eigenvalue weighted by atomic mass is 10.1. The molecule has 0 radical (unpaired) electrons. The molecular formula is C14H17N3O. The Morgan fingerprint density at radius 1 is 1.22 bits per heavy atom. The van der Waals surface area contributed by atoms with E-state index in [1.165, 1.54) is 17.5 Å². The van der Waals surface area contributed by atoms with Crippen LogP contribution in [0.2, 0.25) is 0 Å². The predicted molar refractivity (Wildman–Crippen MR) is 71.8 cm³/mol. The van der Waals surface area contributed by atoms with Gasteiger partial charge in [0.15, 0.2) is 0 Å². The van der Waals surface area contributed by atoms with Crippen LogP contribution in [0.25, 0.3) is 0 Å². The monoisotopic (exact) mass is 243 g/mol. The molecule has 0 saturated heterocycles. The highest BCUT2D eigenvalue weighted by molar-refractivity contribution is 5.48. The lowest BCUT2D eigenvalue weighted by Gasteiger charge is -2.10. The molecule has 0 spiro atoms. The average Bonchev–Trinajstić information content (AvgIpc) is 2.38. The summed E-state index contributed by atoms with van der Waals surface area (Å²) in [5, 5.41) is 3.30. The highest BCUT2D eigenvalue weighted by atomic mass is 16.5. The zero-order valence-corrected chi connectivity index (χ0v) is 10.9. The van der Waals surface area contributed by atoms with E-state index in [2.05, 4.69) is 46.5 Å². The van der Waals surface area contributed by atoms with E-state index in [1.54, 1.807) is 7.11 Å². The van der Waals surface area contributed by atoms with E-state index in [1.807, 2.05) is 6.92 Å². The van der Waals surface area contributed by atoms with Crippen molar-refractivity contribution >= 4 is 5.82 Å². The van der Waals surface area contributed by atoms with Crippen molar-refractivity contribution in [2.24, 2.45) is 0 Å². The molecule has 0 aliphatic carbocycles. The topological polar surface area (TPSA) is 47.0 Å². The summed E-state index contributed by atoms with van der Waals surface area (Å²) in [7, 11) is 1.61. The lowest BCUT2D eigenvalue weighted by Crippen LogP contribution is -2.05. The van der Waals surface area contributed by atoms with Gasteiger partial charge in [-0.15, -0.1) is 0 Å². The van der Waals surface area contributed by atoms with E-state index in [0.29, 0.717) is 5.88 Å². The van der Waals surface area contributed by atoms with Crippen LogP contribution in [-0.4, -0.2) is 17.1 Å². The normalized spacial score (nSPS) is 10.2. The molecule has 0 aliphatic rings. The van der Waals surface area contributed by atoms with Crippen LogP contribution in [0, 0.1) is 13.8 Å². The number of aryl methyl sites for hydroxylation is 1. The molecule has 4 nitrogen and oxygen atoms in total. The fourth-order valence-corrected chi connectivity index (χ4v) is 1.83. The number of aromatic nitrogens is 2. The number of rotatable bonds is 4. The Hall–Kier alpha value is -2.10. The first-order valence-corrected chi connectivity index (χ1v) is 5.85. The van der Waals surface area contributed by atoms with Crippen LogP contribution in [0.3, 0.4) is 0 Å². The maximum Gasteiger partial charge on any atom is 0.221 e. The van der Waals surface area contributed by atoms with Crippen molar-refractivity contribution in [2.45, 2.75) is 20.4 Å². The van der Waals surface area contributed by atoms with Crippen molar-refractivity contribution in [3.8, 4) is 5.88 Å². The number of anilines is 1. The Morgan fingerprint density at radius 2 is 2.06 bits per heavy atom. The van der Waals surface area contributed by atoms with Crippen molar-refractivity contribution in [1.82, 2.24) is 9.97 Å². The molecule has 94 valence electrons. The molecule has 0 bridgehead atoms. The Kier molecular flexibility index (Phi) is 3.77. The van der Waals surface area contributed by atoms with E-state index in [-0.39, 0.29) is 0 Å². The molecule has 1 N–H and O–H groups in total. The number of hydrogen-bond acceptors (Lipinski definition) is 4. The van der Waals surface area contributed by atoms with E-state index in [4.69, 9.17) is 4.74 Å². The van der Waals surface area contributed by atoms with Gasteiger partial charge in [-0.2, -0.15) is 0 Å². The van der Waals surface area contributed by atoms with Gasteiger partial charge >= 0.3 is 0 Å². The SMILES string of the molecule is COc1ncnc(NCc2cccc(C)c2)c1C. The summed E-state index contributed by atoms with van der Waals surface area (Å²) < 4.78 is 5.17. The van der Waals surface area contributed by atoms with Gasteiger partial charge in [0.2, 0.25) is 5.88 Å². The zero-order valence-electron chi connectivity index (χ0n) is 10.9. The molecule has 0 unspecified atom stereocenters. The highest BCUT2D eigenvalue weighted by Gasteiger charge is 2.06. The molecule has 4 heteroatoms. The molecule has 1 heterocycles. The second-order valence-electron chi connectivity index (χ2n) is 4.20. The third-order valence-corrected chi connectivity index (χ3v) is 2.77. The third kappa shape index (κ3) is 2.77. The van der Waals surface area contributed by atoms with Gasteiger partial charge in [0.25, 0.3) is 0 Å². The largest absolute Gasteiger partial charge is 0.481 e. The van der Waals surface area contributed by atoms with Crippen LogP contribution >= 0.6 is 0 Å². The van der Waals surface area contributed by atoms with Gasteiger partial charge in [-0.3, -0.25) is 0 Å². The van der Waals surface area contributed by atoms with Crippen LogP contribution in [0.1, 0.15) is 16.7 Å². The number of nitrogens with one attached hydrogen (secondary N) is 1. The van der Waals surface area contributed by atoms with E-state index < -0.39 is 0 Å². The van der Waals surface area contributed by atoms with Crippen molar-refractivity contribution in [2.75, 3.05) is 12.4 Å². The van der Waals surface area contributed by atoms with Gasteiger partial charge in [0, 0.05) is 6.54 Å². The molecule has 0 fully saturated rings. The number of ether oxygens (including phenoxy) is 1. The summed E-state index contributed by atoms with van der Waals surface area (Å²) in [5.41, 5.74) is 3.41. The molecule has 0 aliphatic heterocycles. The maximum atomic E-state index is 5.17. The summed E-state index contributed by atoms with van der Waals surface area (Å²) in [4.78, 5) is 8.28. The number of hydrogen-bond donors (Lipinski definition) is 1. The maximum absolute atomic E-state index is 5.17. The first-order valence-electron chi connectivity index (χ1n) is 5.85. The van der Waals surface area contributed by atoms with Gasteiger partial charge in [0.1, 0.15) is 12.1 Å². The van der Waals surface area contributed by atoms with Gasteiger partial charge < -0.3 is 10.1 Å². The lowest BCUT2D eigenvalue weighted by molar-refractivity contribution is 0.393. The minimum absolute atomic E-state index is 0.608. The molecule has 1 aromatic heterocycles. The van der Waals surface area contributed by atoms with Crippen LogP contribution in [-0.2, 0) is 6.54 Å². The van der Waals surface area contributed by atoms with Crippen molar-refractivity contribution in [3.05, 3.63) is 47.3 Å². The summed E-state index contributed by atoms with van der Waals surface area (Å²) in [6, 6.07) is 8.39. The standard InChI is InChI=1S/C14H17N3O/c1-10-5-4-6-12(7-10)8-15-13-11(2)14(18-3)17-9-16-13/h4-7,9H,8H2,1-3H3,(H,15,16,17). The predicted octanol–water partition coefficient (Wildman–Crippen LogP) is 2.71. The molecule has 18 heavy (non-hydrogen) atoms. The summed E-state index contributed by atoms with van der Waals surface area (Å²) in [6.45, 7) is 4.77. The van der Waals surface area contributed by atoms with E-state index in [0.717, 1.165) is 17.9 Å². The minimum atomic E-state index is 0.608. The molecule has 0 amide bonds. The Balaban J connectivity index is 2.11. The smallest absolute Gasteiger partial charge is 0.221 e. The van der Waals surface area contributed by atoms with Crippen molar-refractivity contribution in [1.29, 1.82) is 0 Å². The fraction of sp³-hybridized carbons (Fsp3) is 0.286. The third-order valence-electron chi connectivity index (χ3n) is 2.77. The second-order valence-corrected chi connectivity index (χ2v) is 4.20. The van der Waals surface area contributed by atoms with Crippen molar-refractivity contribution < 1.29 is 4.74 Å². The Labute approximate surface area is 107 Å². The van der Waals surface area contributed by atoms with Gasteiger partial charge in [0.05, 0.1) is 12.7 Å². The number of methoxy groups -OCH3 is 1. The van der Waals surface area contributed by atoms with Crippen molar-refractivity contribution in [3.63, 3.8) is 0 Å². The number of nitrogens with zero attached hydrogens (tertiary/aromatic N) is 2. The van der Waals surface area contributed by atoms with Crippen LogP contribution in [0.4, 0.5) is 5.82 Å². The second kappa shape index (κ2) is 5.49. The quantitative estimate of drug-likeness (QED) is 0.897. The van der Waals surface area contributed by atoms with Crippen LogP contribution < -0.4 is 10.1 Å². The molecule has 2 rings (SSSR count). The van der Waals surface area contributed by atoms with E-state index >= 15 is 0 Å². The average molecular weight is 243 g/mol. The first kappa shape index (κ1) is 12.4. The highest BCUT2D eigenvalue weighted by Crippen LogP contribution is 2.20. The molecule has 0 saturated carbocycles.